The van der Waals surface area contributed by atoms with Crippen LogP contribution in [0.15, 0.2) is 12.3 Å². The van der Waals surface area contributed by atoms with Crippen molar-refractivity contribution >= 4 is 17.3 Å². The molecule has 26 heavy (non-hydrogen) atoms. The molecule has 0 saturated carbocycles. The van der Waals surface area contributed by atoms with Crippen LogP contribution in [0.4, 0.5) is 13.2 Å². The smallest absolute Gasteiger partial charge is 0.363 e. The van der Waals surface area contributed by atoms with Crippen LogP contribution in [-0.4, -0.2) is 31.2 Å². The number of hydrogen-bond acceptors (Lipinski definition) is 3. The number of alkyl halides is 3. The first kappa shape index (κ1) is 20.2. The van der Waals surface area contributed by atoms with Crippen LogP contribution in [0.1, 0.15) is 36.0 Å². The molecule has 2 heterocycles. The summed E-state index contributed by atoms with van der Waals surface area (Å²) in [4.78, 5) is 0. The predicted octanol–water partition coefficient (Wildman–Crippen LogP) is 2.79. The minimum Gasteiger partial charge on any atom is -0.363 e. The van der Waals surface area contributed by atoms with E-state index in [-0.39, 0.29) is 0 Å². The largest absolute Gasteiger partial charge is 0.435 e. The van der Waals surface area contributed by atoms with Gasteiger partial charge in [-0.1, -0.05) is 0 Å². The second kappa shape index (κ2) is 8.52. The van der Waals surface area contributed by atoms with Crippen LogP contribution in [0.5, 0.6) is 0 Å². The van der Waals surface area contributed by atoms with Crippen molar-refractivity contribution in [3.05, 3.63) is 34.9 Å². The zero-order valence-corrected chi connectivity index (χ0v) is 15.8. The lowest BCUT2D eigenvalue weighted by Gasteiger charge is -2.10. The highest BCUT2D eigenvalue weighted by Gasteiger charge is 2.34. The molecule has 0 saturated heterocycles. The lowest BCUT2D eigenvalue weighted by atomic mass is 10.3. The maximum Gasteiger partial charge on any atom is 0.435 e. The SMILES string of the molecule is CCn1cc(CNC(=S)NCCCn2nc(C(F)(F)F)cc2C)c(C)n1. The lowest BCUT2D eigenvalue weighted by molar-refractivity contribution is -0.141. The second-order valence-electron chi connectivity index (χ2n) is 5.95. The Balaban J connectivity index is 1.72. The van der Waals surface area contributed by atoms with Gasteiger partial charge < -0.3 is 10.6 Å². The number of rotatable bonds is 7. The fraction of sp³-hybridized carbons (Fsp3) is 0.562. The molecular formula is C16H23F3N6S. The summed E-state index contributed by atoms with van der Waals surface area (Å²) >= 11 is 5.22. The summed E-state index contributed by atoms with van der Waals surface area (Å²) in [6.45, 7) is 7.90. The van der Waals surface area contributed by atoms with Gasteiger partial charge in [0.2, 0.25) is 0 Å². The normalized spacial score (nSPS) is 11.6. The van der Waals surface area contributed by atoms with E-state index >= 15 is 0 Å². The van der Waals surface area contributed by atoms with Gasteiger partial charge in [0.25, 0.3) is 0 Å². The number of nitrogens with zero attached hydrogens (tertiary/aromatic N) is 4. The maximum atomic E-state index is 12.6. The third kappa shape index (κ3) is 5.45. The first-order valence-electron chi connectivity index (χ1n) is 8.37. The van der Waals surface area contributed by atoms with Gasteiger partial charge in [-0.15, -0.1) is 0 Å². The van der Waals surface area contributed by atoms with Gasteiger partial charge in [-0.3, -0.25) is 9.36 Å². The summed E-state index contributed by atoms with van der Waals surface area (Å²) in [7, 11) is 0. The lowest BCUT2D eigenvalue weighted by Crippen LogP contribution is -2.35. The molecule has 10 heteroatoms. The van der Waals surface area contributed by atoms with Crippen molar-refractivity contribution in [2.24, 2.45) is 0 Å². The molecule has 0 aliphatic rings. The van der Waals surface area contributed by atoms with Crippen molar-refractivity contribution in [3.8, 4) is 0 Å². The first-order valence-corrected chi connectivity index (χ1v) is 8.77. The molecule has 0 bridgehead atoms. The Morgan fingerprint density at radius 2 is 1.96 bits per heavy atom. The number of aryl methyl sites for hydroxylation is 4. The Labute approximate surface area is 155 Å². The van der Waals surface area contributed by atoms with E-state index in [0.717, 1.165) is 23.9 Å². The van der Waals surface area contributed by atoms with Crippen molar-refractivity contribution in [3.63, 3.8) is 0 Å². The van der Waals surface area contributed by atoms with Crippen molar-refractivity contribution in [2.75, 3.05) is 6.54 Å². The van der Waals surface area contributed by atoms with Gasteiger partial charge in [0, 0.05) is 43.6 Å². The highest BCUT2D eigenvalue weighted by atomic mass is 32.1. The fourth-order valence-electron chi connectivity index (χ4n) is 2.44. The molecule has 2 aromatic rings. The quantitative estimate of drug-likeness (QED) is 0.564. The van der Waals surface area contributed by atoms with E-state index in [1.807, 2.05) is 24.7 Å². The van der Waals surface area contributed by atoms with Gasteiger partial charge in [-0.2, -0.15) is 23.4 Å². The highest BCUT2D eigenvalue weighted by Crippen LogP contribution is 2.28. The topological polar surface area (TPSA) is 59.7 Å². The third-order valence-corrected chi connectivity index (χ3v) is 4.20. The average molecular weight is 388 g/mol. The Morgan fingerprint density at radius 3 is 2.54 bits per heavy atom. The third-order valence-electron chi connectivity index (χ3n) is 3.92. The molecule has 0 fully saturated rings. The second-order valence-corrected chi connectivity index (χ2v) is 6.36. The summed E-state index contributed by atoms with van der Waals surface area (Å²) in [5.74, 6) is 0. The van der Waals surface area contributed by atoms with Gasteiger partial charge in [-0.25, -0.2) is 0 Å². The summed E-state index contributed by atoms with van der Waals surface area (Å²) in [6.07, 6.45) is -1.83. The molecular weight excluding hydrogens is 365 g/mol. The van der Waals surface area contributed by atoms with E-state index in [2.05, 4.69) is 20.8 Å². The first-order chi connectivity index (χ1) is 12.2. The molecule has 2 rings (SSSR count). The molecule has 2 N–H and O–H groups in total. The van der Waals surface area contributed by atoms with Crippen LogP contribution < -0.4 is 10.6 Å². The number of hydrogen-bond donors (Lipinski definition) is 2. The predicted molar refractivity (Wildman–Crippen MR) is 96.7 cm³/mol. The highest BCUT2D eigenvalue weighted by molar-refractivity contribution is 7.80. The van der Waals surface area contributed by atoms with Gasteiger partial charge in [0.05, 0.1) is 5.69 Å². The minimum atomic E-state index is -4.41. The minimum absolute atomic E-state index is 0.389. The van der Waals surface area contributed by atoms with Gasteiger partial charge in [0.15, 0.2) is 10.8 Å². The molecule has 0 amide bonds. The number of nitrogens with one attached hydrogen (secondary N) is 2. The zero-order chi connectivity index (χ0) is 19.3. The summed E-state index contributed by atoms with van der Waals surface area (Å²) in [5, 5.41) is 14.6. The standard InChI is InChI=1S/C16H23F3N6S/c1-4-24-10-13(12(3)22-24)9-21-15(26)20-6-5-7-25-11(2)8-14(23-25)16(17,18)19/h8,10H,4-7,9H2,1-3H3,(H2,20,21,26). The Morgan fingerprint density at radius 1 is 1.23 bits per heavy atom. The van der Waals surface area contributed by atoms with Crippen molar-refractivity contribution in [1.82, 2.24) is 30.2 Å². The molecule has 2 aromatic heterocycles. The molecule has 0 aliphatic heterocycles. The number of halogens is 3. The average Bonchev–Trinajstić information content (AvgIpc) is 3.12. The van der Waals surface area contributed by atoms with Crippen LogP contribution in [0.2, 0.25) is 0 Å². The summed E-state index contributed by atoms with van der Waals surface area (Å²) < 4.78 is 41.1. The molecule has 0 unspecified atom stereocenters. The van der Waals surface area contributed by atoms with E-state index in [1.165, 1.54) is 4.68 Å². The van der Waals surface area contributed by atoms with Crippen LogP contribution in [0.25, 0.3) is 0 Å². The van der Waals surface area contributed by atoms with Crippen molar-refractivity contribution < 1.29 is 13.2 Å². The fourth-order valence-corrected chi connectivity index (χ4v) is 2.61. The van der Waals surface area contributed by atoms with E-state index in [4.69, 9.17) is 12.2 Å². The van der Waals surface area contributed by atoms with Crippen LogP contribution >= 0.6 is 12.2 Å². The monoisotopic (exact) mass is 388 g/mol. The molecule has 0 aliphatic carbocycles. The molecule has 0 atom stereocenters. The van der Waals surface area contributed by atoms with E-state index in [9.17, 15) is 13.2 Å². The molecule has 144 valence electrons. The van der Waals surface area contributed by atoms with Crippen LogP contribution in [0, 0.1) is 13.8 Å². The van der Waals surface area contributed by atoms with Gasteiger partial charge in [0.1, 0.15) is 0 Å². The molecule has 0 radical (unpaired) electrons. The molecule has 0 spiro atoms. The maximum absolute atomic E-state index is 12.6. The van der Waals surface area contributed by atoms with Crippen LogP contribution in [-0.2, 0) is 25.8 Å². The zero-order valence-electron chi connectivity index (χ0n) is 15.0. The number of aromatic nitrogens is 4. The van der Waals surface area contributed by atoms with E-state index in [0.29, 0.717) is 36.9 Å². The number of thiocarbonyl (C=S) groups is 1. The summed E-state index contributed by atoms with van der Waals surface area (Å²) in [6, 6.07) is 1.05. The van der Waals surface area contributed by atoms with Crippen molar-refractivity contribution in [1.29, 1.82) is 0 Å². The summed E-state index contributed by atoms with van der Waals surface area (Å²) in [5.41, 5.74) is 1.66. The van der Waals surface area contributed by atoms with Gasteiger partial charge in [-0.05, 0) is 45.5 Å². The van der Waals surface area contributed by atoms with E-state index in [1.54, 1.807) is 6.92 Å². The molecule has 6 nitrogen and oxygen atoms in total. The Bertz CT molecular complexity index is 750. The molecule has 0 aromatic carbocycles. The van der Waals surface area contributed by atoms with Crippen molar-refractivity contribution in [2.45, 2.75) is 53.0 Å². The Kier molecular flexibility index (Phi) is 6.63. The Hall–Kier alpha value is -2.10. The van der Waals surface area contributed by atoms with Gasteiger partial charge >= 0.3 is 6.18 Å². The van der Waals surface area contributed by atoms with E-state index < -0.39 is 11.9 Å². The van der Waals surface area contributed by atoms with Crippen LogP contribution in [0.3, 0.4) is 0 Å².